The average molecular weight is 366 g/mol. The molecule has 6 nitrogen and oxygen atoms in total. The molecule has 138 valence electrons. The van der Waals surface area contributed by atoms with Crippen LogP contribution < -0.4 is 19.8 Å². The number of hydrogen-bond donors (Lipinski definition) is 0. The van der Waals surface area contributed by atoms with Crippen molar-refractivity contribution < 1.29 is 23.4 Å². The number of fused-ring (bicyclic) bond motifs is 3. The van der Waals surface area contributed by atoms with Gasteiger partial charge in [-0.3, -0.25) is 4.79 Å². The van der Waals surface area contributed by atoms with Gasteiger partial charge in [-0.05, 0) is 42.3 Å². The van der Waals surface area contributed by atoms with Crippen molar-refractivity contribution in [3.05, 3.63) is 63.5 Å². The second-order valence-corrected chi connectivity index (χ2v) is 6.45. The van der Waals surface area contributed by atoms with Crippen molar-refractivity contribution in [1.29, 1.82) is 0 Å². The van der Waals surface area contributed by atoms with E-state index in [-0.39, 0.29) is 18.3 Å². The smallest absolute Gasteiger partial charge is 0.336 e. The third kappa shape index (κ3) is 2.83. The van der Waals surface area contributed by atoms with Crippen LogP contribution in [0, 0.1) is 6.92 Å². The summed E-state index contributed by atoms with van der Waals surface area (Å²) >= 11 is 0. The molecule has 0 spiro atoms. The van der Waals surface area contributed by atoms with Crippen molar-refractivity contribution in [2.75, 3.05) is 14.2 Å². The lowest BCUT2D eigenvalue weighted by Crippen LogP contribution is -2.21. The van der Waals surface area contributed by atoms with Crippen LogP contribution in [-0.4, -0.2) is 20.2 Å². The first kappa shape index (κ1) is 17.1. The van der Waals surface area contributed by atoms with Gasteiger partial charge in [0, 0.05) is 22.9 Å². The van der Waals surface area contributed by atoms with Crippen LogP contribution in [-0.2, 0) is 4.79 Å². The largest absolute Gasteiger partial charge is 0.493 e. The summed E-state index contributed by atoms with van der Waals surface area (Å²) in [5, 5.41) is 0.816. The van der Waals surface area contributed by atoms with Gasteiger partial charge in [-0.2, -0.15) is 0 Å². The molecule has 0 fully saturated rings. The maximum absolute atomic E-state index is 12.2. The first-order chi connectivity index (χ1) is 13.0. The molecule has 3 aromatic rings. The summed E-state index contributed by atoms with van der Waals surface area (Å²) in [5.74, 6) is 0.909. The predicted molar refractivity (Wildman–Crippen MR) is 98.9 cm³/mol. The highest BCUT2D eigenvalue weighted by molar-refractivity contribution is 5.90. The standard InChI is InChI=1S/C21H18O6/c1-11-8-18(22)27-21-13(11)5-7-16-20(21)14(10-19(23)26-16)12-4-6-15(24-2)17(9-12)25-3/h4-9,14H,10H2,1-3H3/t14-/m0/s1. The third-order valence-corrected chi connectivity index (χ3v) is 4.87. The quantitative estimate of drug-likeness (QED) is 0.401. The normalized spacial score (nSPS) is 16.0. The molecule has 27 heavy (non-hydrogen) atoms. The molecule has 0 saturated carbocycles. The molecule has 2 heterocycles. The predicted octanol–water partition coefficient (Wildman–Crippen LogP) is 3.56. The minimum atomic E-state index is -0.434. The van der Waals surface area contributed by atoms with Crippen LogP contribution in [0.5, 0.6) is 17.2 Å². The maximum Gasteiger partial charge on any atom is 0.336 e. The molecule has 0 unspecified atom stereocenters. The fraction of sp³-hybridized carbons (Fsp3) is 0.238. The van der Waals surface area contributed by atoms with Crippen LogP contribution >= 0.6 is 0 Å². The number of carbonyl (C=O) groups excluding carboxylic acids is 1. The van der Waals surface area contributed by atoms with Gasteiger partial charge in [-0.25, -0.2) is 4.79 Å². The van der Waals surface area contributed by atoms with Crippen molar-refractivity contribution in [2.45, 2.75) is 19.3 Å². The zero-order valence-electron chi connectivity index (χ0n) is 15.2. The van der Waals surface area contributed by atoms with Gasteiger partial charge in [-0.15, -0.1) is 0 Å². The van der Waals surface area contributed by atoms with Crippen molar-refractivity contribution in [3.63, 3.8) is 0 Å². The number of rotatable bonds is 3. The van der Waals surface area contributed by atoms with E-state index in [4.69, 9.17) is 18.6 Å². The number of benzene rings is 2. The van der Waals surface area contributed by atoms with Crippen molar-refractivity contribution in [2.24, 2.45) is 0 Å². The van der Waals surface area contributed by atoms with E-state index < -0.39 is 5.63 Å². The third-order valence-electron chi connectivity index (χ3n) is 4.87. The molecule has 0 bridgehead atoms. The number of esters is 1. The van der Waals surface area contributed by atoms with Gasteiger partial charge in [0.05, 0.1) is 20.6 Å². The average Bonchev–Trinajstić information content (AvgIpc) is 2.66. The topological polar surface area (TPSA) is 75.0 Å². The molecule has 0 N–H and O–H groups in total. The second kappa shape index (κ2) is 6.46. The van der Waals surface area contributed by atoms with Gasteiger partial charge in [0.15, 0.2) is 11.5 Å². The summed E-state index contributed by atoms with van der Waals surface area (Å²) in [4.78, 5) is 24.2. The highest BCUT2D eigenvalue weighted by Gasteiger charge is 2.32. The molecule has 0 amide bonds. The summed E-state index contributed by atoms with van der Waals surface area (Å²) < 4.78 is 21.6. The Morgan fingerprint density at radius 2 is 1.78 bits per heavy atom. The van der Waals surface area contributed by atoms with E-state index in [1.54, 1.807) is 32.4 Å². The lowest BCUT2D eigenvalue weighted by atomic mass is 9.85. The molecular formula is C21H18O6. The van der Waals surface area contributed by atoms with Gasteiger partial charge in [0.2, 0.25) is 0 Å². The summed E-state index contributed by atoms with van der Waals surface area (Å²) in [7, 11) is 3.12. The Balaban J connectivity index is 1.98. The first-order valence-electron chi connectivity index (χ1n) is 8.51. The van der Waals surface area contributed by atoms with Crippen LogP contribution in [0.4, 0.5) is 0 Å². The molecule has 1 atom stereocenters. The van der Waals surface area contributed by atoms with E-state index in [2.05, 4.69) is 0 Å². The zero-order valence-corrected chi connectivity index (χ0v) is 15.2. The Bertz CT molecular complexity index is 1110. The SMILES string of the molecule is COc1ccc([C@@H]2CC(=O)Oc3ccc4c(C)cc(=O)oc4c32)cc1OC. The fourth-order valence-corrected chi connectivity index (χ4v) is 3.59. The van der Waals surface area contributed by atoms with E-state index in [1.165, 1.54) is 6.07 Å². The van der Waals surface area contributed by atoms with Crippen molar-refractivity contribution in [1.82, 2.24) is 0 Å². The fourth-order valence-electron chi connectivity index (χ4n) is 3.59. The second-order valence-electron chi connectivity index (χ2n) is 6.45. The molecule has 2 aromatic carbocycles. The van der Waals surface area contributed by atoms with Crippen LogP contribution in [0.15, 0.2) is 45.6 Å². The number of methoxy groups -OCH3 is 2. The number of carbonyl (C=O) groups is 1. The number of aryl methyl sites for hydroxylation is 1. The monoisotopic (exact) mass is 366 g/mol. The Labute approximate surface area is 155 Å². The molecule has 1 aliphatic rings. The van der Waals surface area contributed by atoms with E-state index in [9.17, 15) is 9.59 Å². The molecule has 0 aliphatic carbocycles. The molecule has 0 saturated heterocycles. The van der Waals surface area contributed by atoms with Crippen LogP contribution in [0.25, 0.3) is 11.0 Å². The van der Waals surface area contributed by atoms with E-state index >= 15 is 0 Å². The molecule has 1 aromatic heterocycles. The van der Waals surface area contributed by atoms with Gasteiger partial charge < -0.3 is 18.6 Å². The van der Waals surface area contributed by atoms with E-state index in [1.807, 2.05) is 19.1 Å². The van der Waals surface area contributed by atoms with E-state index in [0.29, 0.717) is 28.4 Å². The molecular weight excluding hydrogens is 348 g/mol. The Morgan fingerprint density at radius 1 is 1.00 bits per heavy atom. The Hall–Kier alpha value is -3.28. The highest BCUT2D eigenvalue weighted by atomic mass is 16.5. The number of ether oxygens (including phenoxy) is 3. The molecule has 0 radical (unpaired) electrons. The summed E-state index contributed by atoms with van der Waals surface area (Å²) in [6, 6.07) is 10.5. The molecule has 6 heteroatoms. The first-order valence-corrected chi connectivity index (χ1v) is 8.51. The lowest BCUT2D eigenvalue weighted by molar-refractivity contribution is -0.135. The minimum absolute atomic E-state index is 0.138. The van der Waals surface area contributed by atoms with Crippen LogP contribution in [0.1, 0.15) is 29.0 Å². The Morgan fingerprint density at radius 3 is 2.52 bits per heavy atom. The molecule has 4 rings (SSSR count). The van der Waals surface area contributed by atoms with Crippen molar-refractivity contribution in [3.8, 4) is 17.2 Å². The lowest BCUT2D eigenvalue weighted by Gasteiger charge is -2.26. The van der Waals surface area contributed by atoms with Gasteiger partial charge >= 0.3 is 11.6 Å². The van der Waals surface area contributed by atoms with Gasteiger partial charge in [-0.1, -0.05) is 6.07 Å². The zero-order chi connectivity index (χ0) is 19.1. The van der Waals surface area contributed by atoms with Crippen LogP contribution in [0.2, 0.25) is 0 Å². The number of hydrogen-bond acceptors (Lipinski definition) is 6. The Kier molecular flexibility index (Phi) is 4.11. The van der Waals surface area contributed by atoms with Crippen molar-refractivity contribution >= 4 is 16.9 Å². The van der Waals surface area contributed by atoms with E-state index in [0.717, 1.165) is 16.5 Å². The summed E-state index contributed by atoms with van der Waals surface area (Å²) in [5.41, 5.74) is 2.37. The van der Waals surface area contributed by atoms with Gasteiger partial charge in [0.1, 0.15) is 11.3 Å². The summed E-state index contributed by atoms with van der Waals surface area (Å²) in [6.45, 7) is 1.85. The highest BCUT2D eigenvalue weighted by Crippen LogP contribution is 2.44. The maximum atomic E-state index is 12.2. The van der Waals surface area contributed by atoms with Gasteiger partial charge in [0.25, 0.3) is 0 Å². The molecule has 1 aliphatic heterocycles. The minimum Gasteiger partial charge on any atom is -0.493 e. The van der Waals surface area contributed by atoms with Crippen LogP contribution in [0.3, 0.4) is 0 Å². The summed E-state index contributed by atoms with van der Waals surface area (Å²) in [6.07, 6.45) is 0.138.